The standard InChI is InChI=1S/C17H26O3S/c1-6-8-14(9-7-2)17(3,4)21(18,19)16-12-10-15(20-5)11-13-16/h6,8,10,12H,1,7,9,11,13H2,2-5H3/b14-8+. The summed E-state index contributed by atoms with van der Waals surface area (Å²) in [6.07, 6.45) is 9.72. The Labute approximate surface area is 129 Å². The fourth-order valence-electron chi connectivity index (χ4n) is 2.49. The van der Waals surface area contributed by atoms with Crippen LogP contribution in [0.4, 0.5) is 0 Å². The lowest BCUT2D eigenvalue weighted by molar-refractivity contribution is 0.276. The molecule has 1 aliphatic carbocycles. The van der Waals surface area contributed by atoms with E-state index in [2.05, 4.69) is 6.58 Å². The molecule has 0 unspecified atom stereocenters. The summed E-state index contributed by atoms with van der Waals surface area (Å²) in [6, 6.07) is 0. The Hall–Kier alpha value is -1.29. The van der Waals surface area contributed by atoms with Gasteiger partial charge in [0.25, 0.3) is 0 Å². The van der Waals surface area contributed by atoms with Gasteiger partial charge in [-0.1, -0.05) is 32.1 Å². The fraction of sp³-hybridized carbons (Fsp3) is 0.529. The maximum Gasteiger partial charge on any atom is 0.183 e. The van der Waals surface area contributed by atoms with Gasteiger partial charge in [-0.15, -0.1) is 0 Å². The SMILES string of the molecule is C=C/C=C(\CCC)C(C)(C)S(=O)(=O)C1=CC=C(OC)CC1. The molecule has 21 heavy (non-hydrogen) atoms. The maximum absolute atomic E-state index is 13.0. The second-order valence-corrected chi connectivity index (χ2v) is 8.21. The van der Waals surface area contributed by atoms with Crippen molar-refractivity contribution in [1.82, 2.24) is 0 Å². The Balaban J connectivity index is 3.22. The molecule has 1 rings (SSSR count). The zero-order chi connectivity index (χ0) is 16.1. The monoisotopic (exact) mass is 310 g/mol. The van der Waals surface area contributed by atoms with Crippen LogP contribution in [0.2, 0.25) is 0 Å². The van der Waals surface area contributed by atoms with Crippen LogP contribution in [-0.4, -0.2) is 20.3 Å². The zero-order valence-electron chi connectivity index (χ0n) is 13.5. The van der Waals surface area contributed by atoms with E-state index in [4.69, 9.17) is 4.74 Å². The van der Waals surface area contributed by atoms with Crippen molar-refractivity contribution < 1.29 is 13.2 Å². The smallest absolute Gasteiger partial charge is 0.183 e. The van der Waals surface area contributed by atoms with E-state index in [1.165, 1.54) is 0 Å². The second kappa shape index (κ2) is 7.12. The van der Waals surface area contributed by atoms with Crippen molar-refractivity contribution in [3.8, 4) is 0 Å². The average Bonchev–Trinajstić information content (AvgIpc) is 2.46. The molecule has 0 aromatic rings. The quantitative estimate of drug-likeness (QED) is 0.658. The maximum atomic E-state index is 13.0. The van der Waals surface area contributed by atoms with Gasteiger partial charge >= 0.3 is 0 Å². The van der Waals surface area contributed by atoms with Gasteiger partial charge in [-0.25, -0.2) is 8.42 Å². The summed E-state index contributed by atoms with van der Waals surface area (Å²) in [5.41, 5.74) is 0.905. The van der Waals surface area contributed by atoms with E-state index in [0.29, 0.717) is 17.7 Å². The van der Waals surface area contributed by atoms with Crippen molar-refractivity contribution in [1.29, 1.82) is 0 Å². The minimum Gasteiger partial charge on any atom is -0.501 e. The van der Waals surface area contributed by atoms with Gasteiger partial charge in [-0.2, -0.15) is 0 Å². The minimum absolute atomic E-state index is 0.486. The molecule has 0 saturated heterocycles. The fourth-order valence-corrected chi connectivity index (χ4v) is 4.28. The van der Waals surface area contributed by atoms with Crippen molar-refractivity contribution in [2.75, 3.05) is 7.11 Å². The van der Waals surface area contributed by atoms with Gasteiger partial charge in [0.1, 0.15) is 0 Å². The molecular formula is C17H26O3S. The Morgan fingerprint density at radius 1 is 1.38 bits per heavy atom. The van der Waals surface area contributed by atoms with Gasteiger partial charge in [0, 0.05) is 11.3 Å². The minimum atomic E-state index is -3.39. The molecule has 0 aliphatic heterocycles. The normalized spacial score (nSPS) is 17.0. The van der Waals surface area contributed by atoms with Crippen LogP contribution >= 0.6 is 0 Å². The van der Waals surface area contributed by atoms with Crippen molar-refractivity contribution in [2.45, 2.75) is 51.2 Å². The van der Waals surface area contributed by atoms with E-state index in [9.17, 15) is 8.42 Å². The highest BCUT2D eigenvalue weighted by Gasteiger charge is 2.39. The summed E-state index contributed by atoms with van der Waals surface area (Å²) < 4.78 is 30.2. The van der Waals surface area contributed by atoms with Crippen molar-refractivity contribution in [3.63, 3.8) is 0 Å². The number of ether oxygens (including phenoxy) is 1. The third kappa shape index (κ3) is 3.67. The molecule has 0 heterocycles. The third-order valence-corrected chi connectivity index (χ3v) is 6.60. The summed E-state index contributed by atoms with van der Waals surface area (Å²) in [5, 5.41) is 0. The number of rotatable bonds is 7. The van der Waals surface area contributed by atoms with E-state index in [0.717, 1.165) is 24.2 Å². The topological polar surface area (TPSA) is 43.4 Å². The van der Waals surface area contributed by atoms with Crippen LogP contribution in [0, 0.1) is 0 Å². The molecule has 3 nitrogen and oxygen atoms in total. The molecule has 0 N–H and O–H groups in total. The van der Waals surface area contributed by atoms with Gasteiger partial charge in [0.15, 0.2) is 9.84 Å². The molecule has 0 aromatic carbocycles. The lowest BCUT2D eigenvalue weighted by Crippen LogP contribution is -2.35. The molecule has 0 amide bonds. The van der Waals surface area contributed by atoms with Crippen molar-refractivity contribution >= 4 is 9.84 Å². The molecule has 4 heteroatoms. The third-order valence-electron chi connectivity index (χ3n) is 3.96. The van der Waals surface area contributed by atoms with Gasteiger partial charge in [0.2, 0.25) is 0 Å². The molecule has 0 spiro atoms. The summed E-state index contributed by atoms with van der Waals surface area (Å²) >= 11 is 0. The van der Waals surface area contributed by atoms with Gasteiger partial charge in [-0.3, -0.25) is 0 Å². The molecule has 0 fully saturated rings. The Morgan fingerprint density at radius 3 is 2.48 bits per heavy atom. The molecule has 1 aliphatic rings. The number of hydrogen-bond acceptors (Lipinski definition) is 3. The first kappa shape index (κ1) is 17.8. The Morgan fingerprint density at radius 2 is 2.05 bits per heavy atom. The highest BCUT2D eigenvalue weighted by atomic mass is 32.2. The second-order valence-electron chi connectivity index (χ2n) is 5.66. The Kier molecular flexibility index (Phi) is 6.02. The van der Waals surface area contributed by atoms with E-state index < -0.39 is 14.6 Å². The van der Waals surface area contributed by atoms with Crippen molar-refractivity contribution in [3.05, 3.63) is 47.1 Å². The lowest BCUT2D eigenvalue weighted by Gasteiger charge is -2.30. The first-order valence-electron chi connectivity index (χ1n) is 7.31. The van der Waals surface area contributed by atoms with Crippen LogP contribution in [0.3, 0.4) is 0 Å². The molecule has 0 saturated carbocycles. The average molecular weight is 310 g/mol. The van der Waals surface area contributed by atoms with Crippen molar-refractivity contribution in [2.24, 2.45) is 0 Å². The van der Waals surface area contributed by atoms with E-state index in [1.54, 1.807) is 39.2 Å². The molecule has 0 aromatic heterocycles. The largest absolute Gasteiger partial charge is 0.501 e. The molecule has 0 radical (unpaired) electrons. The Bertz CT molecular complexity index is 575. The molecule has 118 valence electrons. The van der Waals surface area contributed by atoms with Crippen LogP contribution in [-0.2, 0) is 14.6 Å². The van der Waals surface area contributed by atoms with Gasteiger partial charge in [-0.05, 0) is 44.4 Å². The number of allylic oxidation sites excluding steroid dienone is 6. The number of hydrogen-bond donors (Lipinski definition) is 0. The number of methoxy groups -OCH3 is 1. The predicted molar refractivity (Wildman–Crippen MR) is 88.6 cm³/mol. The van der Waals surface area contributed by atoms with Crippen LogP contribution in [0.5, 0.6) is 0 Å². The van der Waals surface area contributed by atoms with Crippen LogP contribution < -0.4 is 0 Å². The zero-order valence-corrected chi connectivity index (χ0v) is 14.3. The summed E-state index contributed by atoms with van der Waals surface area (Å²) in [4.78, 5) is 0.486. The van der Waals surface area contributed by atoms with E-state index >= 15 is 0 Å². The van der Waals surface area contributed by atoms with E-state index in [-0.39, 0.29) is 0 Å². The molecular weight excluding hydrogens is 284 g/mol. The molecule has 0 bridgehead atoms. The van der Waals surface area contributed by atoms with Gasteiger partial charge in [0.05, 0.1) is 17.6 Å². The summed E-state index contributed by atoms with van der Waals surface area (Å²) in [6.45, 7) is 9.31. The first-order valence-corrected chi connectivity index (χ1v) is 8.80. The highest BCUT2D eigenvalue weighted by molar-refractivity contribution is 7.96. The van der Waals surface area contributed by atoms with Crippen LogP contribution in [0.1, 0.15) is 46.5 Å². The van der Waals surface area contributed by atoms with E-state index in [1.807, 2.05) is 13.0 Å². The summed E-state index contributed by atoms with van der Waals surface area (Å²) in [5.74, 6) is 0.821. The first-order chi connectivity index (χ1) is 9.81. The van der Waals surface area contributed by atoms with Gasteiger partial charge < -0.3 is 4.74 Å². The van der Waals surface area contributed by atoms with Crippen LogP contribution in [0.25, 0.3) is 0 Å². The van der Waals surface area contributed by atoms with Crippen LogP contribution in [0.15, 0.2) is 47.1 Å². The highest BCUT2D eigenvalue weighted by Crippen LogP contribution is 2.37. The predicted octanol–water partition coefficient (Wildman–Crippen LogP) is 4.30. The molecule has 0 atom stereocenters. The number of sulfone groups is 1. The lowest BCUT2D eigenvalue weighted by atomic mass is 9.97. The summed E-state index contributed by atoms with van der Waals surface area (Å²) in [7, 11) is -1.79.